The number of benzene rings is 1. The number of piperazine rings is 1. The summed E-state index contributed by atoms with van der Waals surface area (Å²) in [5, 5.41) is 3.06. The maximum atomic E-state index is 12.2. The van der Waals surface area contributed by atoms with Crippen LogP contribution in [0, 0.1) is 5.92 Å². The summed E-state index contributed by atoms with van der Waals surface area (Å²) in [6.45, 7) is 5.17. The molecule has 5 heteroatoms. The van der Waals surface area contributed by atoms with E-state index in [0.717, 1.165) is 61.9 Å². The summed E-state index contributed by atoms with van der Waals surface area (Å²) in [6, 6.07) is 12.8. The van der Waals surface area contributed by atoms with Gasteiger partial charge in [0.2, 0.25) is 5.91 Å². The molecule has 5 nitrogen and oxygen atoms in total. The average molecular weight is 407 g/mol. The predicted octanol–water partition coefficient (Wildman–Crippen LogP) is 3.74. The standard InChI is InChI=1S/C25H34N4O/c1-28-14-16-29(17-15-28)24-10-7-21(8-11-24)22-6-9-23(27-19-22)18-25(30)26-13-12-20-4-2-3-5-20/h6-11,19-20H,2-5,12-18H2,1H3,(H,26,30). The van der Waals surface area contributed by atoms with Crippen LogP contribution in [-0.2, 0) is 11.2 Å². The SMILES string of the molecule is CN1CCN(c2ccc(-c3ccc(CC(=O)NCCC4CCCC4)nc3)cc2)CC1. The predicted molar refractivity (Wildman–Crippen MR) is 123 cm³/mol. The molecule has 1 saturated heterocycles. The van der Waals surface area contributed by atoms with Gasteiger partial charge in [0.15, 0.2) is 0 Å². The van der Waals surface area contributed by atoms with Crippen molar-refractivity contribution >= 4 is 11.6 Å². The molecule has 1 N–H and O–H groups in total. The molecule has 2 heterocycles. The fourth-order valence-corrected chi connectivity index (χ4v) is 4.57. The molecule has 4 rings (SSSR count). The van der Waals surface area contributed by atoms with Crippen molar-refractivity contribution in [2.24, 2.45) is 5.92 Å². The smallest absolute Gasteiger partial charge is 0.226 e. The zero-order chi connectivity index (χ0) is 20.8. The third-order valence-corrected chi connectivity index (χ3v) is 6.58. The minimum absolute atomic E-state index is 0.0739. The van der Waals surface area contributed by atoms with Crippen molar-refractivity contribution in [3.63, 3.8) is 0 Å². The Kier molecular flexibility index (Phi) is 7.00. The van der Waals surface area contributed by atoms with Gasteiger partial charge >= 0.3 is 0 Å². The van der Waals surface area contributed by atoms with Crippen molar-refractivity contribution in [2.75, 3.05) is 44.7 Å². The van der Waals surface area contributed by atoms with Gasteiger partial charge in [-0.1, -0.05) is 43.9 Å². The van der Waals surface area contributed by atoms with Crippen LogP contribution in [0.25, 0.3) is 11.1 Å². The number of aromatic nitrogens is 1. The Morgan fingerprint density at radius 2 is 1.70 bits per heavy atom. The number of likely N-dealkylation sites (N-methyl/N-ethyl adjacent to an activating group) is 1. The van der Waals surface area contributed by atoms with Crippen LogP contribution in [0.15, 0.2) is 42.6 Å². The third kappa shape index (κ3) is 5.60. The summed E-state index contributed by atoms with van der Waals surface area (Å²) in [5.74, 6) is 0.884. The van der Waals surface area contributed by atoms with Gasteiger partial charge in [-0.3, -0.25) is 9.78 Å². The highest BCUT2D eigenvalue weighted by Gasteiger charge is 2.15. The van der Waals surface area contributed by atoms with E-state index in [0.29, 0.717) is 6.42 Å². The summed E-state index contributed by atoms with van der Waals surface area (Å²) in [5.41, 5.74) is 4.36. The van der Waals surface area contributed by atoms with E-state index in [1.165, 1.54) is 31.4 Å². The number of anilines is 1. The monoisotopic (exact) mass is 406 g/mol. The topological polar surface area (TPSA) is 48.5 Å². The van der Waals surface area contributed by atoms with E-state index in [1.807, 2.05) is 12.3 Å². The molecule has 0 spiro atoms. The second kappa shape index (κ2) is 10.1. The molecule has 0 bridgehead atoms. The maximum Gasteiger partial charge on any atom is 0.226 e. The lowest BCUT2D eigenvalue weighted by Crippen LogP contribution is -2.44. The van der Waals surface area contributed by atoms with Crippen LogP contribution in [0.1, 0.15) is 37.8 Å². The fraction of sp³-hybridized carbons (Fsp3) is 0.520. The summed E-state index contributed by atoms with van der Waals surface area (Å²) in [4.78, 5) is 21.5. The molecule has 2 aromatic rings. The highest BCUT2D eigenvalue weighted by molar-refractivity contribution is 5.78. The molecule has 0 radical (unpaired) electrons. The van der Waals surface area contributed by atoms with Crippen molar-refractivity contribution in [1.82, 2.24) is 15.2 Å². The second-order valence-electron chi connectivity index (χ2n) is 8.84. The van der Waals surface area contributed by atoms with Crippen LogP contribution >= 0.6 is 0 Å². The molecule has 1 amide bonds. The second-order valence-corrected chi connectivity index (χ2v) is 8.84. The van der Waals surface area contributed by atoms with Crippen LogP contribution in [0.5, 0.6) is 0 Å². The van der Waals surface area contributed by atoms with Crippen LogP contribution in [0.3, 0.4) is 0 Å². The van der Waals surface area contributed by atoms with E-state index in [4.69, 9.17) is 0 Å². The number of rotatable bonds is 7. The minimum Gasteiger partial charge on any atom is -0.369 e. The first-order valence-corrected chi connectivity index (χ1v) is 11.4. The third-order valence-electron chi connectivity index (χ3n) is 6.58. The Morgan fingerprint density at radius 1 is 1.00 bits per heavy atom. The quantitative estimate of drug-likeness (QED) is 0.761. The molecule has 0 atom stereocenters. The summed E-state index contributed by atoms with van der Waals surface area (Å²) < 4.78 is 0. The van der Waals surface area contributed by atoms with Crippen LogP contribution in [-0.4, -0.2) is 55.6 Å². The lowest BCUT2D eigenvalue weighted by molar-refractivity contribution is -0.120. The number of nitrogens with one attached hydrogen (secondary N) is 1. The Balaban J connectivity index is 1.27. The largest absolute Gasteiger partial charge is 0.369 e. The number of hydrogen-bond acceptors (Lipinski definition) is 4. The van der Waals surface area contributed by atoms with Gasteiger partial charge in [0, 0.05) is 55.9 Å². The summed E-state index contributed by atoms with van der Waals surface area (Å²) in [7, 11) is 2.18. The van der Waals surface area contributed by atoms with Crippen molar-refractivity contribution in [3.8, 4) is 11.1 Å². The van der Waals surface area contributed by atoms with Crippen molar-refractivity contribution < 1.29 is 4.79 Å². The Hall–Kier alpha value is -2.40. The molecule has 30 heavy (non-hydrogen) atoms. The Labute approximate surface area is 180 Å². The Bertz CT molecular complexity index is 804. The summed E-state index contributed by atoms with van der Waals surface area (Å²) in [6.07, 6.45) is 8.72. The molecule has 1 aromatic carbocycles. The van der Waals surface area contributed by atoms with Crippen LogP contribution in [0.4, 0.5) is 5.69 Å². The van der Waals surface area contributed by atoms with Crippen LogP contribution in [0.2, 0.25) is 0 Å². The van der Waals surface area contributed by atoms with E-state index < -0.39 is 0 Å². The average Bonchev–Trinajstić information content (AvgIpc) is 3.29. The van der Waals surface area contributed by atoms with E-state index >= 15 is 0 Å². The van der Waals surface area contributed by atoms with Crippen molar-refractivity contribution in [1.29, 1.82) is 0 Å². The van der Waals surface area contributed by atoms with Crippen molar-refractivity contribution in [2.45, 2.75) is 38.5 Å². The molecule has 1 aromatic heterocycles. The normalized spacial score (nSPS) is 18.0. The molecule has 1 saturated carbocycles. The molecule has 1 aliphatic carbocycles. The highest BCUT2D eigenvalue weighted by atomic mass is 16.1. The first-order valence-electron chi connectivity index (χ1n) is 11.4. The summed E-state index contributed by atoms with van der Waals surface area (Å²) >= 11 is 0. The number of pyridine rings is 1. The molecule has 2 fully saturated rings. The Morgan fingerprint density at radius 3 is 2.37 bits per heavy atom. The molecule has 160 valence electrons. The molecule has 2 aliphatic rings. The number of nitrogens with zero attached hydrogens (tertiary/aromatic N) is 3. The minimum atomic E-state index is 0.0739. The lowest BCUT2D eigenvalue weighted by Gasteiger charge is -2.34. The number of amides is 1. The fourth-order valence-electron chi connectivity index (χ4n) is 4.57. The first-order chi connectivity index (χ1) is 14.7. The van der Waals surface area contributed by atoms with Gasteiger partial charge in [-0.25, -0.2) is 0 Å². The first kappa shape index (κ1) is 20.9. The van der Waals surface area contributed by atoms with E-state index in [2.05, 4.69) is 57.5 Å². The van der Waals surface area contributed by atoms with E-state index in [1.54, 1.807) is 0 Å². The van der Waals surface area contributed by atoms with Gasteiger partial charge in [0.05, 0.1) is 6.42 Å². The van der Waals surface area contributed by atoms with Gasteiger partial charge < -0.3 is 15.1 Å². The lowest BCUT2D eigenvalue weighted by atomic mass is 10.0. The molecular formula is C25H34N4O. The van der Waals surface area contributed by atoms with Crippen molar-refractivity contribution in [3.05, 3.63) is 48.3 Å². The maximum absolute atomic E-state index is 12.2. The van der Waals surface area contributed by atoms with Crippen LogP contribution < -0.4 is 10.2 Å². The molecule has 1 aliphatic heterocycles. The number of carbonyl (C=O) groups is 1. The van der Waals surface area contributed by atoms with Gasteiger partial charge in [-0.2, -0.15) is 0 Å². The molecular weight excluding hydrogens is 372 g/mol. The zero-order valence-electron chi connectivity index (χ0n) is 18.1. The van der Waals surface area contributed by atoms with Gasteiger partial charge in [0.1, 0.15) is 0 Å². The number of hydrogen-bond donors (Lipinski definition) is 1. The van der Waals surface area contributed by atoms with E-state index in [9.17, 15) is 4.79 Å². The van der Waals surface area contributed by atoms with Gasteiger partial charge in [-0.15, -0.1) is 0 Å². The van der Waals surface area contributed by atoms with Gasteiger partial charge in [-0.05, 0) is 43.1 Å². The highest BCUT2D eigenvalue weighted by Crippen LogP contribution is 2.27. The van der Waals surface area contributed by atoms with Gasteiger partial charge in [0.25, 0.3) is 0 Å². The van der Waals surface area contributed by atoms with E-state index in [-0.39, 0.29) is 5.91 Å². The number of carbonyl (C=O) groups excluding carboxylic acids is 1. The zero-order valence-corrected chi connectivity index (χ0v) is 18.1. The molecule has 0 unspecified atom stereocenters.